The van der Waals surface area contributed by atoms with Crippen LogP contribution in [0.1, 0.15) is 12.5 Å². The third kappa shape index (κ3) is 2.21. The number of benzene rings is 1. The van der Waals surface area contributed by atoms with Gasteiger partial charge in [0.1, 0.15) is 0 Å². The number of halogens is 1. The van der Waals surface area contributed by atoms with Crippen LogP contribution in [-0.2, 0) is 16.3 Å². The number of rotatable bonds is 3. The molecule has 4 aromatic rings. The third-order valence-electron chi connectivity index (χ3n) is 3.78. The van der Waals surface area contributed by atoms with Crippen molar-refractivity contribution in [2.75, 3.05) is 0 Å². The minimum atomic E-state index is -3.83. The molecule has 0 spiro atoms. The Labute approximate surface area is 146 Å². The summed E-state index contributed by atoms with van der Waals surface area (Å²) in [6, 6.07) is 8.53. The number of fused-ring (bicyclic) bond motifs is 3. The summed E-state index contributed by atoms with van der Waals surface area (Å²) >= 11 is 7.59. The lowest BCUT2D eigenvalue weighted by atomic mass is 10.2. The number of hydrogen-bond acceptors (Lipinski definition) is 6. The van der Waals surface area contributed by atoms with Crippen molar-refractivity contribution in [2.45, 2.75) is 23.3 Å². The Balaban J connectivity index is 1.96. The van der Waals surface area contributed by atoms with E-state index in [0.29, 0.717) is 5.52 Å². The number of nitrogens with zero attached hydrogens (tertiary/aromatic N) is 4. The first-order valence-corrected chi connectivity index (χ1v) is 9.88. The van der Waals surface area contributed by atoms with Crippen LogP contribution in [0.2, 0.25) is 5.15 Å². The summed E-state index contributed by atoms with van der Waals surface area (Å²) in [7, 11) is -3.83. The van der Waals surface area contributed by atoms with Crippen LogP contribution in [0.15, 0.2) is 45.6 Å². The Morgan fingerprint density at radius 1 is 1.21 bits per heavy atom. The molecule has 6 nitrogen and oxygen atoms in total. The van der Waals surface area contributed by atoms with E-state index in [0.717, 1.165) is 16.7 Å². The lowest BCUT2D eigenvalue weighted by Crippen LogP contribution is -2.04. The Kier molecular flexibility index (Phi) is 3.56. The Hall–Kier alpha value is -2.03. The van der Waals surface area contributed by atoms with E-state index in [9.17, 15) is 8.42 Å². The summed E-state index contributed by atoms with van der Waals surface area (Å²) in [5.74, 6) is 0. The van der Waals surface area contributed by atoms with Gasteiger partial charge in [0.25, 0.3) is 0 Å². The molecule has 0 fully saturated rings. The number of sulfone groups is 1. The van der Waals surface area contributed by atoms with Crippen molar-refractivity contribution in [1.82, 2.24) is 19.8 Å². The van der Waals surface area contributed by atoms with Crippen LogP contribution in [0.4, 0.5) is 0 Å². The Morgan fingerprint density at radius 2 is 1.96 bits per heavy atom. The van der Waals surface area contributed by atoms with Crippen LogP contribution in [0.3, 0.4) is 0 Å². The predicted octanol–water partition coefficient (Wildman–Crippen LogP) is 3.39. The van der Waals surface area contributed by atoms with Gasteiger partial charge in [0, 0.05) is 0 Å². The molecule has 24 heavy (non-hydrogen) atoms. The molecule has 4 rings (SSSR count). The molecule has 0 bridgehead atoms. The van der Waals surface area contributed by atoms with Crippen molar-refractivity contribution in [3.05, 3.63) is 46.4 Å². The zero-order valence-corrected chi connectivity index (χ0v) is 14.9. The molecule has 122 valence electrons. The van der Waals surface area contributed by atoms with Crippen molar-refractivity contribution < 1.29 is 8.42 Å². The average molecular weight is 379 g/mol. The van der Waals surface area contributed by atoms with Gasteiger partial charge in [-0.3, -0.25) is 0 Å². The fourth-order valence-electron chi connectivity index (χ4n) is 2.48. The number of aryl methyl sites for hydroxylation is 1. The highest BCUT2D eigenvalue weighted by Crippen LogP contribution is 2.30. The zero-order valence-electron chi connectivity index (χ0n) is 12.5. The summed E-state index contributed by atoms with van der Waals surface area (Å²) < 4.78 is 27.9. The van der Waals surface area contributed by atoms with Gasteiger partial charge in [0.15, 0.2) is 10.8 Å². The average Bonchev–Trinajstić information content (AvgIpc) is 3.21. The molecule has 3 aromatic heterocycles. The zero-order chi connectivity index (χ0) is 16.9. The number of aromatic nitrogens is 4. The SMILES string of the molecule is CCc1ccc(S(=O)(=O)c2nnn3c2nc(Cl)c2sccc23)cc1. The molecule has 1 aromatic carbocycles. The van der Waals surface area contributed by atoms with Gasteiger partial charge in [-0.2, -0.15) is 4.52 Å². The smallest absolute Gasteiger partial charge is 0.217 e. The molecule has 0 aliphatic heterocycles. The van der Waals surface area contributed by atoms with E-state index in [1.165, 1.54) is 15.9 Å². The highest BCUT2D eigenvalue weighted by molar-refractivity contribution is 7.91. The molecular formula is C15H11ClN4O2S2. The van der Waals surface area contributed by atoms with E-state index >= 15 is 0 Å². The minimum absolute atomic E-state index is 0.130. The molecule has 0 saturated carbocycles. The fraction of sp³-hybridized carbons (Fsp3) is 0.133. The van der Waals surface area contributed by atoms with Gasteiger partial charge >= 0.3 is 0 Å². The van der Waals surface area contributed by atoms with E-state index in [-0.39, 0.29) is 20.7 Å². The van der Waals surface area contributed by atoms with Gasteiger partial charge in [-0.05, 0) is 35.6 Å². The highest BCUT2D eigenvalue weighted by atomic mass is 35.5. The number of thiophene rings is 1. The lowest BCUT2D eigenvalue weighted by molar-refractivity contribution is 0.592. The Bertz CT molecular complexity index is 1160. The molecule has 0 saturated heterocycles. The van der Waals surface area contributed by atoms with Crippen molar-refractivity contribution in [3.8, 4) is 0 Å². The van der Waals surface area contributed by atoms with E-state index in [2.05, 4.69) is 15.3 Å². The van der Waals surface area contributed by atoms with Crippen LogP contribution >= 0.6 is 22.9 Å². The maximum absolute atomic E-state index is 12.9. The van der Waals surface area contributed by atoms with Gasteiger partial charge in [-0.1, -0.05) is 35.9 Å². The van der Waals surface area contributed by atoms with Crippen molar-refractivity contribution in [3.63, 3.8) is 0 Å². The van der Waals surface area contributed by atoms with E-state index in [1.54, 1.807) is 24.3 Å². The van der Waals surface area contributed by atoms with Gasteiger partial charge < -0.3 is 0 Å². The molecule has 0 unspecified atom stereocenters. The van der Waals surface area contributed by atoms with Gasteiger partial charge in [-0.15, -0.1) is 16.4 Å². The second-order valence-electron chi connectivity index (χ2n) is 5.17. The van der Waals surface area contributed by atoms with E-state index in [4.69, 9.17) is 11.6 Å². The molecular weight excluding hydrogens is 368 g/mol. The fourth-order valence-corrected chi connectivity index (χ4v) is 4.77. The monoisotopic (exact) mass is 378 g/mol. The van der Waals surface area contributed by atoms with Crippen LogP contribution < -0.4 is 0 Å². The highest BCUT2D eigenvalue weighted by Gasteiger charge is 2.27. The summed E-state index contributed by atoms with van der Waals surface area (Å²) in [6.07, 6.45) is 0.836. The minimum Gasteiger partial charge on any atom is -0.217 e. The molecule has 0 aliphatic carbocycles. The van der Waals surface area contributed by atoms with Crippen LogP contribution in [0, 0.1) is 0 Å². The molecule has 0 N–H and O–H groups in total. The standard InChI is InChI=1S/C15H11ClN4O2S2/c1-2-9-3-5-10(6-4-9)24(21,22)15-14-17-13(16)12-11(7-8-23-12)20(14)19-18-15/h3-8H,2H2,1H3. The van der Waals surface area contributed by atoms with Crippen molar-refractivity contribution >= 4 is 48.6 Å². The summed E-state index contributed by atoms with van der Waals surface area (Å²) in [5.41, 5.74) is 1.87. The first kappa shape index (κ1) is 15.5. The predicted molar refractivity (Wildman–Crippen MR) is 92.4 cm³/mol. The molecule has 0 radical (unpaired) electrons. The van der Waals surface area contributed by atoms with Crippen molar-refractivity contribution in [2.24, 2.45) is 0 Å². The van der Waals surface area contributed by atoms with Crippen LogP contribution in [0.5, 0.6) is 0 Å². The van der Waals surface area contributed by atoms with Gasteiger partial charge in [-0.25, -0.2) is 13.4 Å². The molecule has 0 amide bonds. The van der Waals surface area contributed by atoms with Gasteiger partial charge in [0.2, 0.25) is 14.9 Å². The summed E-state index contributed by atoms with van der Waals surface area (Å²) in [5, 5.41) is 9.72. The van der Waals surface area contributed by atoms with Crippen molar-refractivity contribution in [1.29, 1.82) is 0 Å². The van der Waals surface area contributed by atoms with Crippen LogP contribution in [0.25, 0.3) is 15.9 Å². The van der Waals surface area contributed by atoms with E-state index in [1.807, 2.05) is 18.4 Å². The topological polar surface area (TPSA) is 77.2 Å². The molecule has 9 heteroatoms. The first-order chi connectivity index (χ1) is 11.5. The largest absolute Gasteiger partial charge is 0.229 e. The maximum Gasteiger partial charge on any atom is 0.229 e. The Morgan fingerprint density at radius 3 is 2.67 bits per heavy atom. The van der Waals surface area contributed by atoms with Crippen LogP contribution in [-0.4, -0.2) is 28.2 Å². The second-order valence-corrected chi connectivity index (χ2v) is 8.31. The second kappa shape index (κ2) is 5.51. The molecule has 3 heterocycles. The van der Waals surface area contributed by atoms with Gasteiger partial charge in [0.05, 0.1) is 15.1 Å². The summed E-state index contributed by atoms with van der Waals surface area (Å²) in [4.78, 5) is 4.35. The van der Waals surface area contributed by atoms with E-state index < -0.39 is 9.84 Å². The quantitative estimate of drug-likeness (QED) is 0.511. The first-order valence-electron chi connectivity index (χ1n) is 7.14. The maximum atomic E-state index is 12.9. The normalized spacial score (nSPS) is 12.2. The summed E-state index contributed by atoms with van der Waals surface area (Å²) in [6.45, 7) is 2.01. The third-order valence-corrected chi connectivity index (χ3v) is 6.74. The molecule has 0 atom stereocenters. The number of hydrogen-bond donors (Lipinski definition) is 0. The molecule has 0 aliphatic rings. The lowest BCUT2D eigenvalue weighted by Gasteiger charge is -2.03.